The van der Waals surface area contributed by atoms with Crippen LogP contribution in [-0.2, 0) is 10.2 Å². The zero-order valence-electron chi connectivity index (χ0n) is 10.2. The Morgan fingerprint density at radius 3 is 2.31 bits per heavy atom. The van der Waals surface area contributed by atoms with Crippen LogP contribution in [0, 0.1) is 0 Å². The van der Waals surface area contributed by atoms with Crippen molar-refractivity contribution in [2.24, 2.45) is 0 Å². The lowest BCUT2D eigenvalue weighted by molar-refractivity contribution is 0.00641. The van der Waals surface area contributed by atoms with Gasteiger partial charge in [-0.3, -0.25) is 0 Å². The summed E-state index contributed by atoms with van der Waals surface area (Å²) in [5.41, 5.74) is 3.11. The Kier molecular flexibility index (Phi) is 2.37. The topological polar surface area (TPSA) is 22.1 Å². The van der Waals surface area contributed by atoms with Crippen molar-refractivity contribution < 1.29 is 4.74 Å². The minimum absolute atomic E-state index is 0.232. The summed E-state index contributed by atoms with van der Waals surface area (Å²) in [6.07, 6.45) is 2.73. The molecule has 0 N–H and O–H groups in total. The van der Waals surface area contributed by atoms with Crippen LogP contribution in [0.15, 0.2) is 0 Å². The molecule has 1 aromatic rings. The average molecular weight is 237 g/mol. The molecule has 1 aliphatic carbocycles. The van der Waals surface area contributed by atoms with Crippen molar-refractivity contribution in [2.75, 3.05) is 13.2 Å². The van der Waals surface area contributed by atoms with E-state index in [1.165, 1.54) is 24.1 Å². The molecule has 0 atom stereocenters. The quantitative estimate of drug-likeness (QED) is 0.786. The van der Waals surface area contributed by atoms with E-state index in [0.29, 0.717) is 5.92 Å². The van der Waals surface area contributed by atoms with Gasteiger partial charge in [-0.2, -0.15) is 4.37 Å². The van der Waals surface area contributed by atoms with Crippen LogP contribution < -0.4 is 0 Å². The highest BCUT2D eigenvalue weighted by atomic mass is 32.1. The Morgan fingerprint density at radius 1 is 1.19 bits per heavy atom. The van der Waals surface area contributed by atoms with Crippen LogP contribution >= 0.6 is 11.5 Å². The summed E-state index contributed by atoms with van der Waals surface area (Å²) in [5.74, 6) is 1.39. The second-order valence-corrected chi connectivity index (χ2v) is 6.87. The first-order chi connectivity index (χ1) is 7.57. The molecule has 3 rings (SSSR count). The summed E-state index contributed by atoms with van der Waals surface area (Å²) in [6.45, 7) is 8.68. The average Bonchev–Trinajstić information content (AvgIpc) is 2.83. The van der Waals surface area contributed by atoms with Crippen LogP contribution in [0.1, 0.15) is 61.6 Å². The minimum Gasteiger partial charge on any atom is -0.380 e. The van der Waals surface area contributed by atoms with E-state index in [-0.39, 0.29) is 5.41 Å². The number of hydrogen-bond donors (Lipinski definition) is 0. The maximum atomic E-state index is 5.31. The number of rotatable bonds is 2. The third-order valence-electron chi connectivity index (χ3n) is 3.47. The Labute approximate surface area is 101 Å². The molecule has 0 amide bonds. The SMILES string of the molecule is CC(C)(C)c1c(C2COC2)nsc1C1CC1. The maximum absolute atomic E-state index is 5.31. The van der Waals surface area contributed by atoms with Gasteiger partial charge in [-0.05, 0) is 41.3 Å². The summed E-state index contributed by atoms with van der Waals surface area (Å²) >= 11 is 1.75. The van der Waals surface area contributed by atoms with Crippen LogP contribution in [0.4, 0.5) is 0 Å². The Morgan fingerprint density at radius 2 is 1.88 bits per heavy atom. The van der Waals surface area contributed by atoms with E-state index in [0.717, 1.165) is 19.1 Å². The van der Waals surface area contributed by atoms with E-state index >= 15 is 0 Å². The molecule has 16 heavy (non-hydrogen) atoms. The van der Waals surface area contributed by atoms with Gasteiger partial charge >= 0.3 is 0 Å². The molecular formula is C13H19NOS. The zero-order valence-corrected chi connectivity index (χ0v) is 11.1. The van der Waals surface area contributed by atoms with Gasteiger partial charge in [0.25, 0.3) is 0 Å². The lowest BCUT2D eigenvalue weighted by Gasteiger charge is -2.29. The first-order valence-electron chi connectivity index (χ1n) is 6.15. The Bertz CT molecular complexity index is 397. The summed E-state index contributed by atoms with van der Waals surface area (Å²) in [5, 5.41) is 0. The normalized spacial score (nSPS) is 22.2. The van der Waals surface area contributed by atoms with E-state index in [1.54, 1.807) is 16.4 Å². The van der Waals surface area contributed by atoms with Gasteiger partial charge < -0.3 is 4.74 Å². The molecule has 2 aliphatic rings. The highest BCUT2D eigenvalue weighted by Gasteiger charge is 2.37. The van der Waals surface area contributed by atoms with Crippen molar-refractivity contribution in [3.05, 3.63) is 16.1 Å². The van der Waals surface area contributed by atoms with Gasteiger partial charge in [-0.1, -0.05) is 20.8 Å². The molecular weight excluding hydrogens is 218 g/mol. The largest absolute Gasteiger partial charge is 0.380 e. The van der Waals surface area contributed by atoms with Crippen LogP contribution in [0.2, 0.25) is 0 Å². The summed E-state index contributed by atoms with van der Waals surface area (Å²) in [4.78, 5) is 1.56. The second-order valence-electron chi connectivity index (χ2n) is 6.07. The van der Waals surface area contributed by atoms with Gasteiger partial charge in [0.15, 0.2) is 0 Å². The molecule has 1 aromatic heterocycles. The van der Waals surface area contributed by atoms with Crippen molar-refractivity contribution >= 4 is 11.5 Å². The molecule has 1 aliphatic heterocycles. The van der Waals surface area contributed by atoms with Crippen LogP contribution in [0.25, 0.3) is 0 Å². The summed E-state index contributed by atoms with van der Waals surface area (Å²) in [7, 11) is 0. The van der Waals surface area contributed by atoms with E-state index in [1.807, 2.05) is 0 Å². The molecule has 2 fully saturated rings. The smallest absolute Gasteiger partial charge is 0.0659 e. The van der Waals surface area contributed by atoms with Crippen LogP contribution in [-0.4, -0.2) is 17.6 Å². The molecule has 3 heteroatoms. The van der Waals surface area contributed by atoms with Crippen molar-refractivity contribution in [1.29, 1.82) is 0 Å². The van der Waals surface area contributed by atoms with Gasteiger partial charge in [-0.15, -0.1) is 0 Å². The first kappa shape index (κ1) is 10.7. The molecule has 88 valence electrons. The predicted octanol–water partition coefficient (Wildman–Crippen LogP) is 3.43. The predicted molar refractivity (Wildman–Crippen MR) is 66.3 cm³/mol. The maximum Gasteiger partial charge on any atom is 0.0659 e. The van der Waals surface area contributed by atoms with Gasteiger partial charge in [0.1, 0.15) is 0 Å². The van der Waals surface area contributed by atoms with Gasteiger partial charge in [0.05, 0.1) is 18.9 Å². The third kappa shape index (κ3) is 1.70. The number of aromatic nitrogens is 1. The fraction of sp³-hybridized carbons (Fsp3) is 0.769. The lowest BCUT2D eigenvalue weighted by Crippen LogP contribution is -2.28. The molecule has 0 radical (unpaired) electrons. The summed E-state index contributed by atoms with van der Waals surface area (Å²) < 4.78 is 10.0. The second kappa shape index (κ2) is 3.54. The van der Waals surface area contributed by atoms with E-state index in [9.17, 15) is 0 Å². The van der Waals surface area contributed by atoms with Crippen LogP contribution in [0.3, 0.4) is 0 Å². The van der Waals surface area contributed by atoms with Crippen molar-refractivity contribution in [3.63, 3.8) is 0 Å². The molecule has 2 heterocycles. The van der Waals surface area contributed by atoms with Crippen molar-refractivity contribution in [2.45, 2.75) is 50.9 Å². The van der Waals surface area contributed by atoms with Gasteiger partial charge in [-0.25, -0.2) is 0 Å². The third-order valence-corrected chi connectivity index (χ3v) is 4.49. The van der Waals surface area contributed by atoms with Crippen molar-refractivity contribution in [3.8, 4) is 0 Å². The number of hydrogen-bond acceptors (Lipinski definition) is 3. The van der Waals surface area contributed by atoms with Gasteiger partial charge in [0, 0.05) is 10.8 Å². The molecule has 0 aromatic carbocycles. The Balaban J connectivity index is 2.03. The molecule has 0 bridgehead atoms. The minimum atomic E-state index is 0.232. The molecule has 2 nitrogen and oxygen atoms in total. The molecule has 1 saturated carbocycles. The van der Waals surface area contributed by atoms with Crippen molar-refractivity contribution in [1.82, 2.24) is 4.37 Å². The zero-order chi connectivity index (χ0) is 11.3. The standard InChI is InChI=1S/C13H19NOS/c1-13(2,3)10-11(9-6-15-7-9)14-16-12(10)8-4-5-8/h8-9H,4-7H2,1-3H3. The molecule has 1 saturated heterocycles. The van der Waals surface area contributed by atoms with E-state index in [2.05, 4.69) is 20.8 Å². The Hall–Kier alpha value is -0.410. The summed E-state index contributed by atoms with van der Waals surface area (Å²) in [6, 6.07) is 0. The highest BCUT2D eigenvalue weighted by Crippen LogP contribution is 2.49. The lowest BCUT2D eigenvalue weighted by atomic mass is 9.81. The van der Waals surface area contributed by atoms with E-state index in [4.69, 9.17) is 9.11 Å². The monoisotopic (exact) mass is 237 g/mol. The fourth-order valence-electron chi connectivity index (χ4n) is 2.37. The number of ether oxygens (including phenoxy) is 1. The van der Waals surface area contributed by atoms with Gasteiger partial charge in [0.2, 0.25) is 0 Å². The fourth-order valence-corrected chi connectivity index (χ4v) is 3.69. The van der Waals surface area contributed by atoms with Crippen LogP contribution in [0.5, 0.6) is 0 Å². The highest BCUT2D eigenvalue weighted by molar-refractivity contribution is 7.06. The molecule has 0 spiro atoms. The first-order valence-corrected chi connectivity index (χ1v) is 6.92. The molecule has 0 unspecified atom stereocenters. The van der Waals surface area contributed by atoms with E-state index < -0.39 is 0 Å². The number of nitrogens with zero attached hydrogens (tertiary/aromatic N) is 1.